The normalized spacial score (nSPS) is 33.6. The first-order valence-electron chi connectivity index (χ1n) is 7.58. The lowest BCUT2D eigenvalue weighted by molar-refractivity contribution is -0.142. The maximum Gasteiger partial charge on any atom is 0.236 e. The molecule has 20 heavy (non-hydrogen) atoms. The summed E-state index contributed by atoms with van der Waals surface area (Å²) in [7, 11) is 2.17. The van der Waals surface area contributed by atoms with E-state index in [0.29, 0.717) is 24.9 Å². The summed E-state index contributed by atoms with van der Waals surface area (Å²) in [5, 5.41) is 12.1. The van der Waals surface area contributed by atoms with Crippen molar-refractivity contribution < 1.29 is 10.0 Å². The van der Waals surface area contributed by atoms with E-state index in [9.17, 15) is 4.79 Å². The standard InChI is InChI=1S/C14H24N4O2/c1-17-10-3-4-11(17)9-18(8-5-10)13(19)14(6-2-7-14)12(15)16-20/h10-11,20H,2-9H2,1H3,(H2,15,16). The number of carbonyl (C=O) groups is 1. The van der Waals surface area contributed by atoms with Crippen LogP contribution in [0.25, 0.3) is 0 Å². The van der Waals surface area contributed by atoms with Gasteiger partial charge in [-0.3, -0.25) is 9.69 Å². The van der Waals surface area contributed by atoms with Gasteiger partial charge in [-0.05, 0) is 39.2 Å². The lowest BCUT2D eigenvalue weighted by Gasteiger charge is -2.42. The number of oxime groups is 1. The van der Waals surface area contributed by atoms with E-state index in [4.69, 9.17) is 10.9 Å². The Hall–Kier alpha value is -1.30. The number of fused-ring (bicyclic) bond motifs is 2. The third-order valence-electron chi connectivity index (χ3n) is 5.65. The molecule has 2 unspecified atom stereocenters. The van der Waals surface area contributed by atoms with Crippen LogP contribution in [-0.2, 0) is 4.79 Å². The lowest BCUT2D eigenvalue weighted by atomic mass is 9.66. The molecule has 0 radical (unpaired) electrons. The van der Waals surface area contributed by atoms with E-state index in [-0.39, 0.29) is 11.7 Å². The van der Waals surface area contributed by atoms with Gasteiger partial charge in [0.05, 0.1) is 0 Å². The molecule has 2 atom stereocenters. The largest absolute Gasteiger partial charge is 0.409 e. The predicted molar refractivity (Wildman–Crippen MR) is 75.5 cm³/mol. The van der Waals surface area contributed by atoms with Crippen LogP contribution in [0.2, 0.25) is 0 Å². The van der Waals surface area contributed by atoms with Crippen LogP contribution >= 0.6 is 0 Å². The van der Waals surface area contributed by atoms with E-state index in [1.165, 1.54) is 12.8 Å². The smallest absolute Gasteiger partial charge is 0.236 e. The number of amidine groups is 1. The number of hydrogen-bond donors (Lipinski definition) is 2. The molecule has 0 aromatic carbocycles. The van der Waals surface area contributed by atoms with Crippen molar-refractivity contribution in [3.05, 3.63) is 0 Å². The molecule has 3 aliphatic rings. The van der Waals surface area contributed by atoms with Crippen LogP contribution in [0.15, 0.2) is 5.16 Å². The lowest BCUT2D eigenvalue weighted by Crippen LogP contribution is -2.56. The summed E-state index contributed by atoms with van der Waals surface area (Å²) in [4.78, 5) is 17.3. The molecule has 1 saturated carbocycles. The Morgan fingerprint density at radius 2 is 2.00 bits per heavy atom. The van der Waals surface area contributed by atoms with Gasteiger partial charge in [-0.15, -0.1) is 0 Å². The molecule has 3 N–H and O–H groups in total. The zero-order chi connectivity index (χ0) is 14.3. The molecule has 2 bridgehead atoms. The molecule has 2 heterocycles. The number of nitrogens with zero attached hydrogens (tertiary/aromatic N) is 3. The van der Waals surface area contributed by atoms with Crippen LogP contribution in [0, 0.1) is 5.41 Å². The predicted octanol–water partition coefficient (Wildman–Crippen LogP) is 0.598. The highest BCUT2D eigenvalue weighted by atomic mass is 16.4. The van der Waals surface area contributed by atoms with Gasteiger partial charge in [0, 0.05) is 25.2 Å². The molecule has 2 saturated heterocycles. The van der Waals surface area contributed by atoms with Crippen molar-refractivity contribution in [3.63, 3.8) is 0 Å². The quantitative estimate of drug-likeness (QED) is 0.336. The molecular formula is C14H24N4O2. The zero-order valence-corrected chi connectivity index (χ0v) is 12.1. The summed E-state index contributed by atoms with van der Waals surface area (Å²) in [6, 6.07) is 1.08. The third kappa shape index (κ3) is 1.89. The van der Waals surface area contributed by atoms with Gasteiger partial charge in [-0.1, -0.05) is 11.6 Å². The van der Waals surface area contributed by atoms with Crippen molar-refractivity contribution in [2.75, 3.05) is 20.1 Å². The number of carbonyl (C=O) groups excluding carboxylic acids is 1. The minimum absolute atomic E-state index is 0.0694. The van der Waals surface area contributed by atoms with Gasteiger partial charge in [0.25, 0.3) is 0 Å². The molecule has 0 spiro atoms. The highest BCUT2D eigenvalue weighted by molar-refractivity contribution is 6.07. The number of nitrogens with two attached hydrogens (primary N) is 1. The molecule has 3 fully saturated rings. The number of amides is 1. The Balaban J connectivity index is 1.77. The van der Waals surface area contributed by atoms with Crippen LogP contribution in [-0.4, -0.2) is 59.0 Å². The van der Waals surface area contributed by atoms with Crippen molar-refractivity contribution in [1.82, 2.24) is 9.80 Å². The van der Waals surface area contributed by atoms with Gasteiger partial charge < -0.3 is 15.8 Å². The molecule has 6 nitrogen and oxygen atoms in total. The van der Waals surface area contributed by atoms with Crippen LogP contribution < -0.4 is 5.73 Å². The van der Waals surface area contributed by atoms with Gasteiger partial charge in [0.15, 0.2) is 5.84 Å². The summed E-state index contributed by atoms with van der Waals surface area (Å²) < 4.78 is 0. The van der Waals surface area contributed by atoms with Crippen LogP contribution in [0.4, 0.5) is 0 Å². The molecule has 2 aliphatic heterocycles. The molecule has 1 amide bonds. The maximum atomic E-state index is 12.9. The summed E-state index contributed by atoms with van der Waals surface area (Å²) in [6.45, 7) is 1.58. The summed E-state index contributed by atoms with van der Waals surface area (Å²) >= 11 is 0. The number of likely N-dealkylation sites (tertiary alicyclic amines) is 1. The average Bonchev–Trinajstić information content (AvgIpc) is 2.61. The fourth-order valence-corrected chi connectivity index (χ4v) is 4.00. The fourth-order valence-electron chi connectivity index (χ4n) is 4.00. The van der Waals surface area contributed by atoms with Crippen molar-refractivity contribution in [3.8, 4) is 0 Å². The SMILES string of the molecule is CN1C2CCC1CN(C(=O)C1(C(N)=NO)CCC1)CC2. The Bertz CT molecular complexity index is 433. The maximum absolute atomic E-state index is 12.9. The van der Waals surface area contributed by atoms with Crippen molar-refractivity contribution in [1.29, 1.82) is 0 Å². The topological polar surface area (TPSA) is 82.2 Å². The molecule has 6 heteroatoms. The van der Waals surface area contributed by atoms with Crippen LogP contribution in [0.3, 0.4) is 0 Å². The van der Waals surface area contributed by atoms with Crippen molar-refractivity contribution in [2.45, 2.75) is 50.6 Å². The van der Waals surface area contributed by atoms with Gasteiger partial charge in [-0.2, -0.15) is 0 Å². The van der Waals surface area contributed by atoms with Gasteiger partial charge >= 0.3 is 0 Å². The first-order chi connectivity index (χ1) is 9.58. The van der Waals surface area contributed by atoms with Crippen molar-refractivity contribution >= 4 is 11.7 Å². The Kier molecular flexibility index (Phi) is 3.36. The first-order valence-corrected chi connectivity index (χ1v) is 7.58. The minimum Gasteiger partial charge on any atom is -0.409 e. The highest BCUT2D eigenvalue weighted by Crippen LogP contribution is 2.43. The summed E-state index contributed by atoms with van der Waals surface area (Å²) in [5.74, 6) is 0.163. The van der Waals surface area contributed by atoms with E-state index < -0.39 is 5.41 Å². The number of rotatable bonds is 2. The van der Waals surface area contributed by atoms with E-state index >= 15 is 0 Å². The van der Waals surface area contributed by atoms with Crippen LogP contribution in [0.1, 0.15) is 38.5 Å². The van der Waals surface area contributed by atoms with Crippen molar-refractivity contribution in [2.24, 2.45) is 16.3 Å². The molecule has 3 rings (SSSR count). The third-order valence-corrected chi connectivity index (χ3v) is 5.65. The average molecular weight is 280 g/mol. The van der Waals surface area contributed by atoms with E-state index in [1.54, 1.807) is 0 Å². The molecule has 1 aliphatic carbocycles. The number of likely N-dealkylation sites (N-methyl/N-ethyl adjacent to an activating group) is 1. The second-order valence-electron chi connectivity index (χ2n) is 6.51. The Morgan fingerprint density at radius 3 is 2.60 bits per heavy atom. The molecule has 0 aromatic rings. The van der Waals surface area contributed by atoms with E-state index in [0.717, 1.165) is 25.9 Å². The minimum atomic E-state index is -0.725. The first kappa shape index (κ1) is 13.7. The Labute approximate surface area is 119 Å². The highest BCUT2D eigenvalue weighted by Gasteiger charge is 2.51. The summed E-state index contributed by atoms with van der Waals surface area (Å²) in [5.41, 5.74) is 5.08. The second-order valence-corrected chi connectivity index (χ2v) is 6.51. The molecule has 112 valence electrons. The van der Waals surface area contributed by atoms with Gasteiger partial charge in [0.2, 0.25) is 5.91 Å². The van der Waals surface area contributed by atoms with Gasteiger partial charge in [0.1, 0.15) is 5.41 Å². The Morgan fingerprint density at radius 1 is 1.30 bits per heavy atom. The van der Waals surface area contributed by atoms with E-state index in [1.807, 2.05) is 4.90 Å². The summed E-state index contributed by atoms with van der Waals surface area (Å²) in [6.07, 6.45) is 5.84. The second kappa shape index (κ2) is 4.91. The fraction of sp³-hybridized carbons (Fsp3) is 0.857. The number of hydrogen-bond acceptors (Lipinski definition) is 4. The van der Waals surface area contributed by atoms with Crippen LogP contribution in [0.5, 0.6) is 0 Å². The molecule has 0 aromatic heterocycles. The molecular weight excluding hydrogens is 256 g/mol. The monoisotopic (exact) mass is 280 g/mol. The van der Waals surface area contributed by atoms with Gasteiger partial charge in [-0.25, -0.2) is 0 Å². The van der Waals surface area contributed by atoms with E-state index in [2.05, 4.69) is 17.1 Å². The zero-order valence-electron chi connectivity index (χ0n) is 12.1.